The van der Waals surface area contributed by atoms with Crippen molar-refractivity contribution in [3.63, 3.8) is 0 Å². The van der Waals surface area contributed by atoms with Gasteiger partial charge in [0.15, 0.2) is 6.04 Å². The quantitative estimate of drug-likeness (QED) is 0.553. The molecule has 20 heavy (non-hydrogen) atoms. The summed E-state index contributed by atoms with van der Waals surface area (Å²) in [6.07, 6.45) is 2.98. The van der Waals surface area contributed by atoms with E-state index >= 15 is 0 Å². The van der Waals surface area contributed by atoms with Gasteiger partial charge < -0.3 is 16.9 Å². The molecule has 10 heteroatoms. The van der Waals surface area contributed by atoms with E-state index in [0.29, 0.717) is 4.57 Å². The maximum absolute atomic E-state index is 12.2. The first-order valence-electron chi connectivity index (χ1n) is 5.55. The fourth-order valence-corrected chi connectivity index (χ4v) is 1.99. The second-order valence-electron chi connectivity index (χ2n) is 4.22. The second kappa shape index (κ2) is 5.17. The number of rotatable bonds is 3. The van der Waals surface area contributed by atoms with Crippen molar-refractivity contribution >= 4 is 11.8 Å². The van der Waals surface area contributed by atoms with E-state index in [0.717, 1.165) is 9.36 Å². The number of hydrogen-bond acceptors (Lipinski definition) is 4. The molecular formula is C10H15N5O5. The smallest absolute Gasteiger partial charge is 0.348 e. The maximum Gasteiger partial charge on any atom is 0.348 e. The number of amides is 2. The average Bonchev–Trinajstić information content (AvgIpc) is 2.61. The van der Waals surface area contributed by atoms with Crippen molar-refractivity contribution in [1.82, 2.24) is 13.9 Å². The largest absolute Gasteiger partial charge is 0.412 e. The molecule has 2 atom stereocenters. The van der Waals surface area contributed by atoms with Gasteiger partial charge in [-0.1, -0.05) is 12.2 Å². The second-order valence-corrected chi connectivity index (χ2v) is 4.22. The molecule has 0 fully saturated rings. The molecule has 1 aromatic rings. The van der Waals surface area contributed by atoms with Crippen LogP contribution in [0.5, 0.6) is 0 Å². The van der Waals surface area contributed by atoms with Crippen LogP contribution in [0.4, 0.5) is 0 Å². The molecule has 0 aromatic carbocycles. The molecule has 2 rings (SSSR count). The first-order chi connectivity index (χ1) is 8.86. The molecule has 1 aliphatic heterocycles. The van der Waals surface area contributed by atoms with Crippen LogP contribution < -0.4 is 22.8 Å². The number of nitrogens with zero attached hydrogens (tertiary/aromatic N) is 3. The van der Waals surface area contributed by atoms with Crippen LogP contribution in [0, 0.1) is 0 Å². The maximum atomic E-state index is 12.2. The van der Waals surface area contributed by atoms with E-state index in [1.807, 2.05) is 0 Å². The summed E-state index contributed by atoms with van der Waals surface area (Å²) < 4.78 is 2.70. The van der Waals surface area contributed by atoms with Crippen LogP contribution in [-0.4, -0.2) is 31.2 Å². The molecule has 2 heterocycles. The Balaban J connectivity index is 0.00000200. The molecule has 2 amide bonds. The first kappa shape index (κ1) is 15.4. The van der Waals surface area contributed by atoms with Crippen LogP contribution in [0.2, 0.25) is 0 Å². The summed E-state index contributed by atoms with van der Waals surface area (Å²) in [5.41, 5.74) is 8.79. The highest BCUT2D eigenvalue weighted by atomic mass is 16.2. The summed E-state index contributed by atoms with van der Waals surface area (Å²) in [5.74, 6) is -1.58. The van der Waals surface area contributed by atoms with Gasteiger partial charge in [0.1, 0.15) is 6.04 Å². The molecule has 6 N–H and O–H groups in total. The number of nitrogens with two attached hydrogens (primary N) is 2. The van der Waals surface area contributed by atoms with Crippen molar-refractivity contribution in [3.05, 3.63) is 33.1 Å². The molecule has 1 aliphatic rings. The van der Waals surface area contributed by atoms with Crippen LogP contribution in [0.1, 0.15) is 19.0 Å². The van der Waals surface area contributed by atoms with Crippen LogP contribution in [-0.2, 0) is 16.1 Å². The summed E-state index contributed by atoms with van der Waals surface area (Å²) in [4.78, 5) is 46.6. The van der Waals surface area contributed by atoms with Crippen molar-refractivity contribution < 1.29 is 15.1 Å². The third-order valence-corrected chi connectivity index (χ3v) is 3.04. The molecule has 110 valence electrons. The minimum Gasteiger partial charge on any atom is -0.412 e. The van der Waals surface area contributed by atoms with Gasteiger partial charge >= 0.3 is 11.4 Å². The molecule has 0 saturated carbocycles. The number of primary amides is 2. The highest BCUT2D eigenvalue weighted by Gasteiger charge is 2.29. The number of aromatic nitrogens is 3. The summed E-state index contributed by atoms with van der Waals surface area (Å²) in [6.45, 7) is 1.46. The van der Waals surface area contributed by atoms with E-state index < -0.39 is 35.3 Å². The van der Waals surface area contributed by atoms with E-state index in [2.05, 4.69) is 0 Å². The Hall–Kier alpha value is -2.62. The van der Waals surface area contributed by atoms with Crippen LogP contribution >= 0.6 is 0 Å². The van der Waals surface area contributed by atoms with Gasteiger partial charge in [-0.05, 0) is 6.92 Å². The first-order valence-corrected chi connectivity index (χ1v) is 5.55. The van der Waals surface area contributed by atoms with E-state index in [4.69, 9.17) is 11.5 Å². The number of fused-ring (bicyclic) bond motifs is 1. The normalized spacial score (nSPS) is 17.9. The Bertz CT molecular complexity index is 694. The number of carbonyl (C=O) groups is 2. The summed E-state index contributed by atoms with van der Waals surface area (Å²) in [5, 5.41) is 0. The van der Waals surface area contributed by atoms with Crippen molar-refractivity contribution in [2.24, 2.45) is 11.5 Å². The third-order valence-electron chi connectivity index (χ3n) is 3.04. The van der Waals surface area contributed by atoms with Gasteiger partial charge in [-0.2, -0.15) is 0 Å². The fraction of sp³-hybridized carbons (Fsp3) is 0.400. The van der Waals surface area contributed by atoms with E-state index in [1.54, 1.807) is 6.08 Å². The lowest BCUT2D eigenvalue weighted by atomic mass is 10.2. The van der Waals surface area contributed by atoms with Gasteiger partial charge in [0.2, 0.25) is 11.8 Å². The monoisotopic (exact) mass is 285 g/mol. The number of hydrogen-bond donors (Lipinski definition) is 2. The summed E-state index contributed by atoms with van der Waals surface area (Å²) in [7, 11) is 0. The van der Waals surface area contributed by atoms with Crippen molar-refractivity contribution in [2.45, 2.75) is 25.6 Å². The van der Waals surface area contributed by atoms with Crippen molar-refractivity contribution in [2.75, 3.05) is 0 Å². The SMILES string of the molecule is CC(C(N)=O)n1c(=O)n2n(c1=O)C(C(N)=O)C=CC2.O. The summed E-state index contributed by atoms with van der Waals surface area (Å²) in [6, 6.07) is -2.14. The zero-order valence-corrected chi connectivity index (χ0v) is 10.6. The molecule has 1 aromatic heterocycles. The molecule has 0 spiro atoms. The van der Waals surface area contributed by atoms with E-state index in [9.17, 15) is 19.2 Å². The zero-order valence-electron chi connectivity index (χ0n) is 10.6. The molecule has 0 radical (unpaired) electrons. The van der Waals surface area contributed by atoms with E-state index in [1.165, 1.54) is 13.0 Å². The van der Waals surface area contributed by atoms with Gasteiger partial charge in [0, 0.05) is 0 Å². The Morgan fingerprint density at radius 2 is 1.90 bits per heavy atom. The number of carbonyl (C=O) groups excluding carboxylic acids is 2. The highest BCUT2D eigenvalue weighted by Crippen LogP contribution is 2.10. The van der Waals surface area contributed by atoms with Crippen molar-refractivity contribution in [1.29, 1.82) is 0 Å². The average molecular weight is 285 g/mol. The molecule has 2 unspecified atom stereocenters. The topological polar surface area (TPSA) is 167 Å². The Morgan fingerprint density at radius 3 is 2.40 bits per heavy atom. The predicted octanol–water partition coefficient (Wildman–Crippen LogP) is -3.37. The van der Waals surface area contributed by atoms with Crippen LogP contribution in [0.15, 0.2) is 21.7 Å². The van der Waals surface area contributed by atoms with Crippen LogP contribution in [0.25, 0.3) is 0 Å². The lowest BCUT2D eigenvalue weighted by Crippen LogP contribution is -2.40. The standard InChI is InChI=1S/C10H13N5O4.H2O/c1-5(7(11)16)14-9(18)13-4-2-3-6(8(12)17)15(13)10(14)19;/h2-3,5-6H,4H2,1H3,(H2,11,16)(H2,12,17);1H2. The number of allylic oxidation sites excluding steroid dienone is 1. The summed E-state index contributed by atoms with van der Waals surface area (Å²) >= 11 is 0. The van der Waals surface area contributed by atoms with Gasteiger partial charge in [0.25, 0.3) is 0 Å². The zero-order chi connectivity index (χ0) is 14.3. The minimum atomic E-state index is -1.10. The Kier molecular flexibility index (Phi) is 3.99. The van der Waals surface area contributed by atoms with E-state index in [-0.39, 0.29) is 12.0 Å². The Labute approximate surface area is 112 Å². The molecule has 0 bridgehead atoms. The van der Waals surface area contributed by atoms with Gasteiger partial charge in [-0.25, -0.2) is 23.5 Å². The van der Waals surface area contributed by atoms with Gasteiger partial charge in [-0.15, -0.1) is 0 Å². The Morgan fingerprint density at radius 1 is 1.30 bits per heavy atom. The molecule has 0 saturated heterocycles. The van der Waals surface area contributed by atoms with Crippen molar-refractivity contribution in [3.8, 4) is 0 Å². The predicted molar refractivity (Wildman–Crippen MR) is 67.8 cm³/mol. The lowest BCUT2D eigenvalue weighted by molar-refractivity contribution is -0.121. The highest BCUT2D eigenvalue weighted by molar-refractivity contribution is 5.80. The minimum absolute atomic E-state index is 0. The van der Waals surface area contributed by atoms with Crippen LogP contribution in [0.3, 0.4) is 0 Å². The molecule has 10 nitrogen and oxygen atoms in total. The molecule has 0 aliphatic carbocycles. The fourth-order valence-electron chi connectivity index (χ4n) is 1.99. The lowest BCUT2D eigenvalue weighted by Gasteiger charge is -2.17. The van der Waals surface area contributed by atoms with Gasteiger partial charge in [-0.3, -0.25) is 9.59 Å². The molecular weight excluding hydrogens is 270 g/mol. The third kappa shape index (κ3) is 2.05. The van der Waals surface area contributed by atoms with Gasteiger partial charge in [0.05, 0.1) is 6.54 Å².